The molecule has 0 atom stereocenters. The average molecular weight is 289 g/mol. The van der Waals surface area contributed by atoms with Gasteiger partial charge in [-0.25, -0.2) is 0 Å². The van der Waals surface area contributed by atoms with Gasteiger partial charge in [0.25, 0.3) is 0 Å². The van der Waals surface area contributed by atoms with Gasteiger partial charge in [0, 0.05) is 13.1 Å². The number of ether oxygens (including phenoxy) is 1. The van der Waals surface area contributed by atoms with E-state index in [9.17, 15) is 4.79 Å². The molecule has 1 aliphatic carbocycles. The van der Waals surface area contributed by atoms with E-state index in [0.29, 0.717) is 5.91 Å². The predicted molar refractivity (Wildman–Crippen MR) is 85.2 cm³/mol. The van der Waals surface area contributed by atoms with E-state index in [4.69, 9.17) is 4.74 Å². The van der Waals surface area contributed by atoms with Crippen LogP contribution < -0.4 is 4.74 Å². The zero-order valence-corrected chi connectivity index (χ0v) is 12.4. The number of rotatable bonds is 3. The summed E-state index contributed by atoms with van der Waals surface area (Å²) in [5.74, 6) is 2.03. The quantitative estimate of drug-likeness (QED) is 0.791. The van der Waals surface area contributed by atoms with Gasteiger partial charge in [0.2, 0.25) is 5.91 Å². The van der Waals surface area contributed by atoms with Crippen molar-refractivity contribution in [3.05, 3.63) is 29.8 Å². The van der Waals surface area contributed by atoms with Crippen molar-refractivity contribution in [2.24, 2.45) is 11.3 Å². The smallest absolute Gasteiger partial charge is 0.230 e. The Morgan fingerprint density at radius 3 is 2.38 bits per heavy atom. The second-order valence-electron chi connectivity index (χ2n) is 6.47. The van der Waals surface area contributed by atoms with Crippen molar-refractivity contribution in [1.82, 2.24) is 4.90 Å². The van der Waals surface area contributed by atoms with Crippen LogP contribution in [-0.2, 0) is 11.3 Å². The van der Waals surface area contributed by atoms with E-state index in [1.165, 1.54) is 18.4 Å². The Balaban J connectivity index is 0.00000161. The molecule has 1 heterocycles. The number of β-lactam (4-membered cyclic amide) rings is 1. The molecule has 116 valence electrons. The molecule has 0 bridgehead atoms. The van der Waals surface area contributed by atoms with Crippen molar-refractivity contribution in [3.8, 4) is 5.75 Å². The average Bonchev–Trinajstić information content (AvgIpc) is 2.49. The van der Waals surface area contributed by atoms with Gasteiger partial charge < -0.3 is 9.64 Å². The van der Waals surface area contributed by atoms with E-state index in [0.717, 1.165) is 37.6 Å². The highest BCUT2D eigenvalue weighted by atomic mass is 16.5. The summed E-state index contributed by atoms with van der Waals surface area (Å²) in [5.41, 5.74) is 1.18. The fourth-order valence-corrected chi connectivity index (χ4v) is 3.51. The van der Waals surface area contributed by atoms with E-state index >= 15 is 0 Å². The van der Waals surface area contributed by atoms with Crippen LogP contribution in [0.15, 0.2) is 24.3 Å². The highest BCUT2D eigenvalue weighted by Crippen LogP contribution is 2.46. The highest BCUT2D eigenvalue weighted by molar-refractivity contribution is 5.88. The molecule has 1 amide bonds. The van der Waals surface area contributed by atoms with Crippen molar-refractivity contribution in [1.29, 1.82) is 0 Å². The number of nitrogens with zero attached hydrogens (tertiary/aromatic N) is 1. The van der Waals surface area contributed by atoms with Gasteiger partial charge in [0.05, 0.1) is 12.5 Å². The molecule has 2 fully saturated rings. The number of carbonyl (C=O) groups is 1. The van der Waals surface area contributed by atoms with E-state index < -0.39 is 0 Å². The summed E-state index contributed by atoms with van der Waals surface area (Å²) < 4.78 is 5.16. The number of hydrogen-bond donors (Lipinski definition) is 0. The molecule has 1 saturated carbocycles. The van der Waals surface area contributed by atoms with Crippen LogP contribution in [0.5, 0.6) is 5.75 Å². The minimum atomic E-state index is -0.00101. The number of benzene rings is 1. The van der Waals surface area contributed by atoms with Crippen molar-refractivity contribution in [2.75, 3.05) is 13.7 Å². The molecule has 3 rings (SSSR count). The van der Waals surface area contributed by atoms with E-state index in [-0.39, 0.29) is 12.8 Å². The van der Waals surface area contributed by atoms with Gasteiger partial charge in [0.1, 0.15) is 5.75 Å². The molecule has 3 nitrogen and oxygen atoms in total. The summed E-state index contributed by atoms with van der Waals surface area (Å²) in [4.78, 5) is 14.5. The van der Waals surface area contributed by atoms with Crippen LogP contribution in [0.2, 0.25) is 0 Å². The Bertz CT molecular complexity index is 486. The topological polar surface area (TPSA) is 29.5 Å². The van der Waals surface area contributed by atoms with Crippen LogP contribution in [-0.4, -0.2) is 24.5 Å². The minimum Gasteiger partial charge on any atom is -0.497 e. The van der Waals surface area contributed by atoms with E-state index in [2.05, 4.69) is 6.92 Å². The molecular weight excluding hydrogens is 262 g/mol. The normalized spacial score (nSPS) is 28.0. The maximum absolute atomic E-state index is 12.5. The lowest BCUT2D eigenvalue weighted by atomic mass is 9.65. The third-order valence-electron chi connectivity index (χ3n) is 5.00. The number of likely N-dealkylation sites (tertiary alicyclic amines) is 1. The molecule has 1 aliphatic heterocycles. The number of methoxy groups -OCH3 is 1. The molecule has 21 heavy (non-hydrogen) atoms. The Morgan fingerprint density at radius 1 is 1.24 bits per heavy atom. The Kier molecular flexibility index (Phi) is 4.60. The summed E-state index contributed by atoms with van der Waals surface area (Å²) >= 11 is 0. The third kappa shape index (κ3) is 2.92. The molecular formula is C18H27NO2. The fraction of sp³-hybridized carbons (Fsp3) is 0.611. The van der Waals surface area contributed by atoms with Crippen LogP contribution >= 0.6 is 0 Å². The molecule has 0 N–H and O–H groups in total. The zero-order valence-electron chi connectivity index (χ0n) is 12.4. The van der Waals surface area contributed by atoms with Crippen LogP contribution in [0.25, 0.3) is 0 Å². The molecule has 0 aromatic heterocycles. The SMILES string of the molecule is C.COc1ccc(CN2CC3(CCC(C)CC3)C2=O)cc1. The first kappa shape index (κ1) is 15.9. The Hall–Kier alpha value is -1.51. The molecule has 3 heteroatoms. The highest BCUT2D eigenvalue weighted by Gasteiger charge is 2.52. The minimum absolute atomic E-state index is 0. The van der Waals surface area contributed by atoms with Gasteiger partial charge in [-0.3, -0.25) is 4.79 Å². The second-order valence-corrected chi connectivity index (χ2v) is 6.47. The molecule has 1 aromatic rings. The maximum Gasteiger partial charge on any atom is 0.230 e. The maximum atomic E-state index is 12.5. The predicted octanol–water partition coefficient (Wildman–Crippen LogP) is 3.87. The van der Waals surface area contributed by atoms with Crippen LogP contribution in [0.1, 0.15) is 45.6 Å². The van der Waals surface area contributed by atoms with Crippen molar-refractivity contribution >= 4 is 5.91 Å². The van der Waals surface area contributed by atoms with Gasteiger partial charge >= 0.3 is 0 Å². The molecule has 1 spiro atoms. The monoisotopic (exact) mass is 289 g/mol. The van der Waals surface area contributed by atoms with Gasteiger partial charge in [0.15, 0.2) is 0 Å². The largest absolute Gasteiger partial charge is 0.497 e. The van der Waals surface area contributed by atoms with Crippen LogP contribution in [0.3, 0.4) is 0 Å². The molecule has 1 aromatic carbocycles. The van der Waals surface area contributed by atoms with E-state index in [1.807, 2.05) is 29.2 Å². The van der Waals surface area contributed by atoms with Gasteiger partial charge in [-0.1, -0.05) is 26.5 Å². The van der Waals surface area contributed by atoms with Crippen molar-refractivity contribution in [2.45, 2.75) is 46.6 Å². The summed E-state index contributed by atoms with van der Waals surface area (Å²) in [7, 11) is 1.67. The van der Waals surface area contributed by atoms with Gasteiger partial charge in [-0.15, -0.1) is 0 Å². The summed E-state index contributed by atoms with van der Waals surface area (Å²) in [6.07, 6.45) is 4.60. The number of carbonyl (C=O) groups excluding carboxylic acids is 1. The van der Waals surface area contributed by atoms with Gasteiger partial charge in [-0.05, 0) is 49.3 Å². The molecule has 0 radical (unpaired) electrons. The summed E-state index contributed by atoms with van der Waals surface area (Å²) in [6, 6.07) is 8.00. The molecule has 1 saturated heterocycles. The summed E-state index contributed by atoms with van der Waals surface area (Å²) in [5, 5.41) is 0. The Labute approximate surface area is 128 Å². The zero-order chi connectivity index (χ0) is 14.2. The lowest BCUT2D eigenvalue weighted by molar-refractivity contribution is -0.165. The first-order valence-corrected chi connectivity index (χ1v) is 7.55. The lowest BCUT2D eigenvalue weighted by Gasteiger charge is -2.52. The molecule has 2 aliphatic rings. The Morgan fingerprint density at radius 2 is 1.86 bits per heavy atom. The second kappa shape index (κ2) is 6.08. The third-order valence-corrected chi connectivity index (χ3v) is 5.00. The lowest BCUT2D eigenvalue weighted by Crippen LogP contribution is -2.61. The first-order chi connectivity index (χ1) is 9.63. The summed E-state index contributed by atoms with van der Waals surface area (Å²) in [6.45, 7) is 3.98. The number of amides is 1. The van der Waals surface area contributed by atoms with Crippen LogP contribution in [0.4, 0.5) is 0 Å². The standard InChI is InChI=1S/C17H23NO2.CH4/c1-13-7-9-17(10-8-13)12-18(16(17)19)11-14-3-5-15(20-2)6-4-14;/h3-6,13H,7-12H2,1-2H3;1H4. The van der Waals surface area contributed by atoms with Crippen LogP contribution in [0, 0.1) is 11.3 Å². The van der Waals surface area contributed by atoms with Crippen molar-refractivity contribution in [3.63, 3.8) is 0 Å². The number of hydrogen-bond acceptors (Lipinski definition) is 2. The fourth-order valence-electron chi connectivity index (χ4n) is 3.51. The molecule has 0 unspecified atom stereocenters. The van der Waals surface area contributed by atoms with Gasteiger partial charge in [-0.2, -0.15) is 0 Å². The van der Waals surface area contributed by atoms with Crippen molar-refractivity contribution < 1.29 is 9.53 Å². The first-order valence-electron chi connectivity index (χ1n) is 7.55. The van der Waals surface area contributed by atoms with E-state index in [1.54, 1.807) is 7.11 Å².